The molecule has 0 saturated carbocycles. The van der Waals surface area contributed by atoms with Crippen LogP contribution in [0.1, 0.15) is 28.3 Å². The molecule has 0 aliphatic heterocycles. The van der Waals surface area contributed by atoms with E-state index in [1.807, 2.05) is 18.3 Å². The predicted octanol–water partition coefficient (Wildman–Crippen LogP) is 2.25. The van der Waals surface area contributed by atoms with Crippen molar-refractivity contribution in [1.82, 2.24) is 10.4 Å². The zero-order valence-electron chi connectivity index (χ0n) is 10.1. The van der Waals surface area contributed by atoms with Crippen LogP contribution in [0.5, 0.6) is 0 Å². The van der Waals surface area contributed by atoms with Crippen LogP contribution in [0, 0.1) is 13.8 Å². The fraction of sp³-hybridized carbons (Fsp3) is 0.214. The number of hydrazine groups is 1. The maximum Gasteiger partial charge on any atom is 0.0730 e. The number of hydrogen-bond acceptors (Lipinski definition) is 3. The van der Waals surface area contributed by atoms with E-state index in [2.05, 4.69) is 42.5 Å². The molecule has 17 heavy (non-hydrogen) atoms. The number of benzene rings is 1. The van der Waals surface area contributed by atoms with Gasteiger partial charge in [0.25, 0.3) is 0 Å². The van der Waals surface area contributed by atoms with E-state index in [-0.39, 0.29) is 6.04 Å². The van der Waals surface area contributed by atoms with Crippen LogP contribution in [-0.2, 0) is 0 Å². The number of aryl methyl sites for hydroxylation is 2. The quantitative estimate of drug-likeness (QED) is 0.624. The van der Waals surface area contributed by atoms with Gasteiger partial charge in [0.1, 0.15) is 0 Å². The van der Waals surface area contributed by atoms with Crippen molar-refractivity contribution >= 4 is 0 Å². The van der Waals surface area contributed by atoms with Gasteiger partial charge in [-0.25, -0.2) is 5.43 Å². The van der Waals surface area contributed by atoms with Crippen molar-refractivity contribution in [3.63, 3.8) is 0 Å². The summed E-state index contributed by atoms with van der Waals surface area (Å²) in [5, 5.41) is 0. The number of aromatic nitrogens is 1. The Morgan fingerprint density at radius 2 is 1.82 bits per heavy atom. The Kier molecular flexibility index (Phi) is 3.52. The zero-order chi connectivity index (χ0) is 12.3. The van der Waals surface area contributed by atoms with Gasteiger partial charge >= 0.3 is 0 Å². The van der Waals surface area contributed by atoms with E-state index in [9.17, 15) is 0 Å². The van der Waals surface area contributed by atoms with Crippen molar-refractivity contribution in [2.45, 2.75) is 19.9 Å². The molecular formula is C14H17N3. The number of pyridine rings is 1. The van der Waals surface area contributed by atoms with Crippen LogP contribution < -0.4 is 11.3 Å². The van der Waals surface area contributed by atoms with Crippen LogP contribution in [0.2, 0.25) is 0 Å². The molecule has 0 radical (unpaired) electrons. The third-order valence-corrected chi connectivity index (χ3v) is 3.02. The minimum atomic E-state index is -0.00935. The highest BCUT2D eigenvalue weighted by atomic mass is 15.2. The van der Waals surface area contributed by atoms with Crippen LogP contribution in [0.25, 0.3) is 0 Å². The Morgan fingerprint density at radius 1 is 1.12 bits per heavy atom. The molecule has 0 aliphatic rings. The highest BCUT2D eigenvalue weighted by Gasteiger charge is 2.16. The average Bonchev–Trinajstić information content (AvgIpc) is 2.35. The molecule has 1 unspecified atom stereocenters. The lowest BCUT2D eigenvalue weighted by atomic mass is 9.92. The standard InChI is InChI=1S/C14H17N3/c1-10-5-3-6-11(2)13(10)14(17-15)12-7-4-8-16-9-12/h3-9,14,17H,15H2,1-2H3. The maximum absolute atomic E-state index is 5.70. The molecule has 0 fully saturated rings. The summed E-state index contributed by atoms with van der Waals surface area (Å²) < 4.78 is 0. The van der Waals surface area contributed by atoms with E-state index in [0.717, 1.165) is 5.56 Å². The summed E-state index contributed by atoms with van der Waals surface area (Å²) in [4.78, 5) is 4.14. The number of nitrogens with two attached hydrogens (primary N) is 1. The number of nitrogens with zero attached hydrogens (tertiary/aromatic N) is 1. The van der Waals surface area contributed by atoms with Crippen LogP contribution >= 0.6 is 0 Å². The second-order valence-electron chi connectivity index (χ2n) is 4.19. The third kappa shape index (κ3) is 2.35. The summed E-state index contributed by atoms with van der Waals surface area (Å²) in [6.07, 6.45) is 3.61. The Balaban J connectivity index is 2.50. The molecule has 3 heteroatoms. The van der Waals surface area contributed by atoms with E-state index in [0.29, 0.717) is 0 Å². The van der Waals surface area contributed by atoms with Crippen molar-refractivity contribution in [3.8, 4) is 0 Å². The van der Waals surface area contributed by atoms with Gasteiger partial charge < -0.3 is 0 Å². The molecule has 0 amide bonds. The molecule has 2 aromatic rings. The highest BCUT2D eigenvalue weighted by Crippen LogP contribution is 2.26. The fourth-order valence-electron chi connectivity index (χ4n) is 2.18. The van der Waals surface area contributed by atoms with Gasteiger partial charge in [-0.05, 0) is 42.2 Å². The highest BCUT2D eigenvalue weighted by molar-refractivity contribution is 5.41. The minimum absolute atomic E-state index is 0.00935. The van der Waals surface area contributed by atoms with Crippen molar-refractivity contribution in [2.75, 3.05) is 0 Å². The summed E-state index contributed by atoms with van der Waals surface area (Å²) in [5.41, 5.74) is 7.64. The van der Waals surface area contributed by atoms with Crippen molar-refractivity contribution in [1.29, 1.82) is 0 Å². The monoisotopic (exact) mass is 227 g/mol. The molecule has 88 valence electrons. The second kappa shape index (κ2) is 5.08. The summed E-state index contributed by atoms with van der Waals surface area (Å²) in [6.45, 7) is 4.20. The van der Waals surface area contributed by atoms with Gasteiger partial charge in [0.2, 0.25) is 0 Å². The van der Waals surface area contributed by atoms with Crippen LogP contribution in [-0.4, -0.2) is 4.98 Å². The Labute approximate surface area is 102 Å². The summed E-state index contributed by atoms with van der Waals surface area (Å²) in [6, 6.07) is 10.2. The van der Waals surface area contributed by atoms with E-state index in [4.69, 9.17) is 5.84 Å². The van der Waals surface area contributed by atoms with Gasteiger partial charge in [0, 0.05) is 12.4 Å². The number of hydrogen-bond donors (Lipinski definition) is 2. The lowest BCUT2D eigenvalue weighted by Crippen LogP contribution is -2.30. The first kappa shape index (κ1) is 11.8. The lowest BCUT2D eigenvalue weighted by Gasteiger charge is -2.20. The Bertz CT molecular complexity index is 474. The molecule has 1 atom stereocenters. The third-order valence-electron chi connectivity index (χ3n) is 3.02. The second-order valence-corrected chi connectivity index (χ2v) is 4.19. The fourth-order valence-corrected chi connectivity index (χ4v) is 2.18. The van der Waals surface area contributed by atoms with E-state index in [1.54, 1.807) is 6.20 Å². The molecule has 0 bridgehead atoms. The van der Waals surface area contributed by atoms with Crippen LogP contribution in [0.3, 0.4) is 0 Å². The first-order valence-electron chi connectivity index (χ1n) is 5.66. The first-order valence-corrected chi connectivity index (χ1v) is 5.66. The van der Waals surface area contributed by atoms with Gasteiger partial charge in [0.05, 0.1) is 6.04 Å². The van der Waals surface area contributed by atoms with Gasteiger partial charge in [-0.15, -0.1) is 0 Å². The van der Waals surface area contributed by atoms with Crippen LogP contribution in [0.4, 0.5) is 0 Å². The Hall–Kier alpha value is -1.71. The summed E-state index contributed by atoms with van der Waals surface area (Å²) in [5.74, 6) is 5.70. The van der Waals surface area contributed by atoms with Gasteiger partial charge in [-0.1, -0.05) is 24.3 Å². The zero-order valence-corrected chi connectivity index (χ0v) is 10.1. The van der Waals surface area contributed by atoms with Crippen molar-refractivity contribution in [3.05, 3.63) is 65.0 Å². The topological polar surface area (TPSA) is 50.9 Å². The first-order chi connectivity index (χ1) is 8.24. The number of nitrogens with one attached hydrogen (secondary N) is 1. The average molecular weight is 227 g/mol. The molecule has 0 spiro atoms. The normalized spacial score (nSPS) is 12.4. The lowest BCUT2D eigenvalue weighted by molar-refractivity contribution is 0.628. The van der Waals surface area contributed by atoms with E-state index in [1.165, 1.54) is 16.7 Å². The summed E-state index contributed by atoms with van der Waals surface area (Å²) in [7, 11) is 0. The molecule has 3 nitrogen and oxygen atoms in total. The molecule has 2 rings (SSSR count). The minimum Gasteiger partial charge on any atom is -0.271 e. The van der Waals surface area contributed by atoms with Crippen molar-refractivity contribution < 1.29 is 0 Å². The van der Waals surface area contributed by atoms with Gasteiger partial charge in [0.15, 0.2) is 0 Å². The number of rotatable bonds is 3. The molecule has 1 heterocycles. The molecule has 0 aliphatic carbocycles. The van der Waals surface area contributed by atoms with Gasteiger partial charge in [-0.2, -0.15) is 0 Å². The molecule has 1 aromatic carbocycles. The maximum atomic E-state index is 5.70. The van der Waals surface area contributed by atoms with Crippen LogP contribution in [0.15, 0.2) is 42.7 Å². The predicted molar refractivity (Wildman–Crippen MR) is 69.3 cm³/mol. The summed E-state index contributed by atoms with van der Waals surface area (Å²) >= 11 is 0. The van der Waals surface area contributed by atoms with E-state index >= 15 is 0 Å². The smallest absolute Gasteiger partial charge is 0.0730 e. The SMILES string of the molecule is Cc1cccc(C)c1C(NN)c1cccnc1. The van der Waals surface area contributed by atoms with E-state index < -0.39 is 0 Å². The molecule has 1 aromatic heterocycles. The Morgan fingerprint density at radius 3 is 2.35 bits per heavy atom. The molecular weight excluding hydrogens is 210 g/mol. The molecule has 3 N–H and O–H groups in total. The van der Waals surface area contributed by atoms with Gasteiger partial charge in [-0.3, -0.25) is 10.8 Å². The molecule has 0 saturated heterocycles. The van der Waals surface area contributed by atoms with Crippen molar-refractivity contribution in [2.24, 2.45) is 5.84 Å². The largest absolute Gasteiger partial charge is 0.271 e.